The van der Waals surface area contributed by atoms with Gasteiger partial charge in [-0.25, -0.2) is 9.97 Å². The zero-order valence-corrected chi connectivity index (χ0v) is 9.35. The molecule has 0 amide bonds. The molecule has 1 aliphatic rings. The molecule has 2 N–H and O–H groups in total. The highest BCUT2D eigenvalue weighted by molar-refractivity contribution is 5.38. The predicted molar refractivity (Wildman–Crippen MR) is 60.9 cm³/mol. The normalized spacial score (nSPS) is 19.8. The summed E-state index contributed by atoms with van der Waals surface area (Å²) in [6.45, 7) is 3.41. The van der Waals surface area contributed by atoms with Gasteiger partial charge in [0.15, 0.2) is 0 Å². The molecule has 2 rings (SSSR count). The van der Waals surface area contributed by atoms with Crippen LogP contribution in [-0.2, 0) is 0 Å². The summed E-state index contributed by atoms with van der Waals surface area (Å²) in [5.74, 6) is 0.643. The fourth-order valence-electron chi connectivity index (χ4n) is 2.08. The number of hydrogen-bond acceptors (Lipinski definition) is 5. The van der Waals surface area contributed by atoms with Gasteiger partial charge in [0.1, 0.15) is 11.8 Å². The van der Waals surface area contributed by atoms with Crippen molar-refractivity contribution in [1.82, 2.24) is 9.97 Å². The second kappa shape index (κ2) is 4.45. The largest absolute Gasteiger partial charge is 0.337 e. The topological polar surface area (TPSA) is 78.8 Å². The van der Waals surface area contributed by atoms with E-state index >= 15 is 0 Å². The minimum Gasteiger partial charge on any atom is -0.337 e. The highest BCUT2D eigenvalue weighted by Crippen LogP contribution is 2.22. The summed E-state index contributed by atoms with van der Waals surface area (Å²) in [6, 6.07) is 4.06. The van der Waals surface area contributed by atoms with Gasteiger partial charge in [0.05, 0.1) is 0 Å². The highest BCUT2D eigenvalue weighted by atomic mass is 15.3. The molecule has 1 aromatic heterocycles. The Kier molecular flexibility index (Phi) is 3.02. The van der Waals surface area contributed by atoms with Crippen molar-refractivity contribution in [2.24, 2.45) is 5.73 Å². The number of anilines is 1. The van der Waals surface area contributed by atoms with Gasteiger partial charge in [-0.3, -0.25) is 0 Å². The van der Waals surface area contributed by atoms with Crippen LogP contribution in [-0.4, -0.2) is 29.1 Å². The molecule has 1 atom stereocenters. The molecule has 1 fully saturated rings. The second-order valence-electron chi connectivity index (χ2n) is 4.03. The summed E-state index contributed by atoms with van der Waals surface area (Å²) in [6.07, 6.45) is 2.19. The molecule has 5 heteroatoms. The zero-order chi connectivity index (χ0) is 11.5. The van der Waals surface area contributed by atoms with E-state index in [0.717, 1.165) is 25.1 Å². The zero-order valence-electron chi connectivity index (χ0n) is 9.35. The van der Waals surface area contributed by atoms with Crippen molar-refractivity contribution in [3.8, 4) is 6.07 Å². The minimum atomic E-state index is 0.313. The van der Waals surface area contributed by atoms with E-state index in [-0.39, 0.29) is 0 Å². The average molecular weight is 217 g/mol. The maximum absolute atomic E-state index is 8.87. The first-order chi connectivity index (χ1) is 7.74. The van der Waals surface area contributed by atoms with Gasteiger partial charge in [-0.1, -0.05) is 0 Å². The molecular weight excluding hydrogens is 202 g/mol. The Bertz CT molecular complexity index is 423. The van der Waals surface area contributed by atoms with Crippen LogP contribution in [0.4, 0.5) is 5.95 Å². The van der Waals surface area contributed by atoms with E-state index in [2.05, 4.69) is 20.9 Å². The van der Waals surface area contributed by atoms with E-state index < -0.39 is 0 Å². The van der Waals surface area contributed by atoms with Gasteiger partial charge < -0.3 is 10.6 Å². The first-order valence-electron chi connectivity index (χ1n) is 5.47. The molecule has 0 aromatic carbocycles. The Hall–Kier alpha value is -1.67. The van der Waals surface area contributed by atoms with E-state index in [1.54, 1.807) is 6.07 Å². The van der Waals surface area contributed by atoms with Crippen LogP contribution in [0.3, 0.4) is 0 Å². The first kappa shape index (κ1) is 10.8. The molecule has 16 heavy (non-hydrogen) atoms. The minimum absolute atomic E-state index is 0.313. The van der Waals surface area contributed by atoms with Gasteiger partial charge in [-0.15, -0.1) is 0 Å². The highest BCUT2D eigenvalue weighted by Gasteiger charge is 2.25. The molecule has 0 bridgehead atoms. The molecule has 1 aromatic rings. The van der Waals surface area contributed by atoms with Crippen LogP contribution < -0.4 is 10.6 Å². The van der Waals surface area contributed by atoms with Crippen molar-refractivity contribution in [2.75, 3.05) is 18.0 Å². The van der Waals surface area contributed by atoms with Crippen LogP contribution in [0.15, 0.2) is 6.07 Å². The SMILES string of the molecule is Cc1cc(C#N)nc(N2CCCC2CN)n1. The quantitative estimate of drug-likeness (QED) is 0.784. The molecule has 0 spiro atoms. The molecule has 1 aliphatic heterocycles. The monoisotopic (exact) mass is 217 g/mol. The van der Waals surface area contributed by atoms with Crippen molar-refractivity contribution in [1.29, 1.82) is 5.26 Å². The van der Waals surface area contributed by atoms with Gasteiger partial charge in [0.25, 0.3) is 0 Å². The molecule has 0 radical (unpaired) electrons. The molecular formula is C11H15N5. The van der Waals surface area contributed by atoms with Gasteiger partial charge >= 0.3 is 0 Å². The summed E-state index contributed by atoms with van der Waals surface area (Å²) in [5, 5.41) is 8.87. The summed E-state index contributed by atoms with van der Waals surface area (Å²) in [7, 11) is 0. The van der Waals surface area contributed by atoms with Crippen molar-refractivity contribution < 1.29 is 0 Å². The third-order valence-electron chi connectivity index (χ3n) is 2.86. The lowest BCUT2D eigenvalue weighted by molar-refractivity contribution is 0.663. The van der Waals surface area contributed by atoms with Gasteiger partial charge in [-0.2, -0.15) is 5.26 Å². The summed E-state index contributed by atoms with van der Waals surface area (Å²) < 4.78 is 0. The molecule has 1 saturated heterocycles. The fourth-order valence-corrected chi connectivity index (χ4v) is 2.08. The summed E-state index contributed by atoms with van der Waals surface area (Å²) >= 11 is 0. The third kappa shape index (κ3) is 1.97. The standard InChI is InChI=1S/C11H15N5/c1-8-5-9(6-12)15-11(14-8)16-4-2-3-10(16)7-13/h5,10H,2-4,7,13H2,1H3. The Morgan fingerprint density at radius 3 is 3.12 bits per heavy atom. The average Bonchev–Trinajstić information content (AvgIpc) is 2.76. The molecule has 84 valence electrons. The van der Waals surface area contributed by atoms with E-state index in [1.807, 2.05) is 6.92 Å². The van der Waals surface area contributed by atoms with Crippen molar-refractivity contribution >= 4 is 5.95 Å². The summed E-state index contributed by atoms with van der Waals surface area (Å²) in [5.41, 5.74) is 6.95. The van der Waals surface area contributed by atoms with Crippen molar-refractivity contribution in [3.05, 3.63) is 17.5 Å². The van der Waals surface area contributed by atoms with Crippen LogP contribution in [0.2, 0.25) is 0 Å². The lowest BCUT2D eigenvalue weighted by Gasteiger charge is -2.23. The number of nitrogens with two attached hydrogens (primary N) is 1. The number of nitrogens with zero attached hydrogens (tertiary/aromatic N) is 4. The molecule has 0 aliphatic carbocycles. The lowest BCUT2D eigenvalue weighted by atomic mass is 10.2. The van der Waals surface area contributed by atoms with Crippen LogP contribution >= 0.6 is 0 Å². The number of aryl methyl sites for hydroxylation is 1. The van der Waals surface area contributed by atoms with E-state index in [9.17, 15) is 0 Å². The Morgan fingerprint density at radius 2 is 2.44 bits per heavy atom. The summed E-state index contributed by atoms with van der Waals surface area (Å²) in [4.78, 5) is 10.7. The third-order valence-corrected chi connectivity index (χ3v) is 2.86. The Balaban J connectivity index is 2.33. The fraction of sp³-hybridized carbons (Fsp3) is 0.545. The molecule has 5 nitrogen and oxygen atoms in total. The maximum atomic E-state index is 8.87. The number of rotatable bonds is 2. The van der Waals surface area contributed by atoms with Crippen LogP contribution in [0.5, 0.6) is 0 Å². The Labute approximate surface area is 94.9 Å². The maximum Gasteiger partial charge on any atom is 0.227 e. The smallest absolute Gasteiger partial charge is 0.227 e. The van der Waals surface area contributed by atoms with Crippen LogP contribution in [0.25, 0.3) is 0 Å². The number of hydrogen-bond donors (Lipinski definition) is 1. The second-order valence-corrected chi connectivity index (χ2v) is 4.03. The molecule has 0 saturated carbocycles. The van der Waals surface area contributed by atoms with Crippen LogP contribution in [0, 0.1) is 18.3 Å². The first-order valence-corrected chi connectivity index (χ1v) is 5.47. The number of nitriles is 1. The van der Waals surface area contributed by atoms with E-state index in [4.69, 9.17) is 11.0 Å². The number of aromatic nitrogens is 2. The lowest BCUT2D eigenvalue weighted by Crippen LogP contribution is -2.36. The van der Waals surface area contributed by atoms with E-state index in [0.29, 0.717) is 24.2 Å². The van der Waals surface area contributed by atoms with Gasteiger partial charge in [0.2, 0.25) is 5.95 Å². The van der Waals surface area contributed by atoms with Crippen LogP contribution in [0.1, 0.15) is 24.2 Å². The van der Waals surface area contributed by atoms with Crippen molar-refractivity contribution in [2.45, 2.75) is 25.8 Å². The van der Waals surface area contributed by atoms with Gasteiger partial charge in [-0.05, 0) is 25.8 Å². The molecule has 2 heterocycles. The van der Waals surface area contributed by atoms with E-state index in [1.165, 1.54) is 0 Å². The predicted octanol–water partition coefficient (Wildman–Crippen LogP) is 0.584. The van der Waals surface area contributed by atoms with Crippen molar-refractivity contribution in [3.63, 3.8) is 0 Å². The Morgan fingerprint density at radius 1 is 1.62 bits per heavy atom. The van der Waals surface area contributed by atoms with Gasteiger partial charge in [0, 0.05) is 24.8 Å². The molecule has 1 unspecified atom stereocenters.